The van der Waals surface area contributed by atoms with Crippen molar-refractivity contribution >= 4 is 17.1 Å². The van der Waals surface area contributed by atoms with Crippen molar-refractivity contribution in [2.45, 2.75) is 19.4 Å². The van der Waals surface area contributed by atoms with Gasteiger partial charge in [0.05, 0.1) is 12.0 Å². The second-order valence-electron chi connectivity index (χ2n) is 5.86. The molecule has 2 aromatic rings. The standard InChI is InChI=1S/C18H21N3O3/c1-24-16-7-5-15(6-8-16)19-13-14-4-9-17(18(12-14)21(22)23)20-10-2-3-11-20/h4-9,12,19H,2-3,10-11,13H2,1H3. The first-order valence-corrected chi connectivity index (χ1v) is 8.07. The topological polar surface area (TPSA) is 67.6 Å². The number of nitrogens with zero attached hydrogens (tertiary/aromatic N) is 2. The lowest BCUT2D eigenvalue weighted by Gasteiger charge is -2.18. The lowest BCUT2D eigenvalue weighted by atomic mass is 10.1. The van der Waals surface area contributed by atoms with Gasteiger partial charge in [-0.15, -0.1) is 0 Å². The SMILES string of the molecule is COc1ccc(NCc2ccc(N3CCCC3)c([N+](=O)[O-])c2)cc1. The van der Waals surface area contributed by atoms with Crippen LogP contribution in [0.4, 0.5) is 17.1 Å². The van der Waals surface area contributed by atoms with Gasteiger partial charge in [-0.1, -0.05) is 6.07 Å². The number of anilines is 2. The van der Waals surface area contributed by atoms with E-state index in [0.29, 0.717) is 6.54 Å². The first kappa shape index (κ1) is 16.1. The highest BCUT2D eigenvalue weighted by molar-refractivity contribution is 5.65. The lowest BCUT2D eigenvalue weighted by Crippen LogP contribution is -2.19. The van der Waals surface area contributed by atoms with Gasteiger partial charge >= 0.3 is 0 Å². The second kappa shape index (κ2) is 7.21. The zero-order chi connectivity index (χ0) is 16.9. The van der Waals surface area contributed by atoms with Crippen molar-refractivity contribution in [2.75, 3.05) is 30.4 Å². The predicted molar refractivity (Wildman–Crippen MR) is 94.9 cm³/mol. The van der Waals surface area contributed by atoms with Gasteiger partial charge < -0.3 is 15.0 Å². The Balaban J connectivity index is 1.73. The summed E-state index contributed by atoms with van der Waals surface area (Å²) in [5, 5.41) is 14.7. The van der Waals surface area contributed by atoms with Crippen molar-refractivity contribution in [1.29, 1.82) is 0 Å². The normalized spacial score (nSPS) is 13.8. The van der Waals surface area contributed by atoms with Gasteiger partial charge in [0.25, 0.3) is 5.69 Å². The Hall–Kier alpha value is -2.76. The highest BCUT2D eigenvalue weighted by atomic mass is 16.6. The molecule has 1 saturated heterocycles. The zero-order valence-electron chi connectivity index (χ0n) is 13.7. The molecule has 0 bridgehead atoms. The number of ether oxygens (including phenoxy) is 1. The summed E-state index contributed by atoms with van der Waals surface area (Å²) in [5.41, 5.74) is 2.75. The fourth-order valence-corrected chi connectivity index (χ4v) is 2.96. The van der Waals surface area contributed by atoms with E-state index in [0.717, 1.165) is 48.6 Å². The molecule has 0 unspecified atom stereocenters. The average molecular weight is 327 g/mol. The third-order valence-electron chi connectivity index (χ3n) is 4.27. The number of methoxy groups -OCH3 is 1. The fourth-order valence-electron chi connectivity index (χ4n) is 2.96. The van der Waals surface area contributed by atoms with Crippen LogP contribution in [0.2, 0.25) is 0 Å². The minimum Gasteiger partial charge on any atom is -0.497 e. The molecule has 1 fully saturated rings. The van der Waals surface area contributed by atoms with Crippen LogP contribution in [0.3, 0.4) is 0 Å². The fraction of sp³-hybridized carbons (Fsp3) is 0.333. The maximum atomic E-state index is 11.4. The number of nitro benzene ring substituents is 1. The maximum Gasteiger partial charge on any atom is 0.292 e. The van der Waals surface area contributed by atoms with Gasteiger partial charge in [-0.2, -0.15) is 0 Å². The molecule has 0 spiro atoms. The van der Waals surface area contributed by atoms with E-state index >= 15 is 0 Å². The molecule has 24 heavy (non-hydrogen) atoms. The number of benzene rings is 2. The Morgan fingerprint density at radius 2 is 1.88 bits per heavy atom. The van der Waals surface area contributed by atoms with Crippen molar-refractivity contribution in [3.8, 4) is 5.75 Å². The molecule has 1 N–H and O–H groups in total. The number of hydrogen-bond acceptors (Lipinski definition) is 5. The van der Waals surface area contributed by atoms with E-state index in [-0.39, 0.29) is 10.6 Å². The highest BCUT2D eigenvalue weighted by Gasteiger charge is 2.22. The van der Waals surface area contributed by atoms with Gasteiger partial charge in [0.15, 0.2) is 0 Å². The van der Waals surface area contributed by atoms with Crippen LogP contribution in [0.5, 0.6) is 5.75 Å². The van der Waals surface area contributed by atoms with Crippen LogP contribution in [-0.2, 0) is 6.54 Å². The third-order valence-corrected chi connectivity index (χ3v) is 4.27. The van der Waals surface area contributed by atoms with E-state index in [1.165, 1.54) is 0 Å². The Morgan fingerprint density at radius 3 is 2.50 bits per heavy atom. The summed E-state index contributed by atoms with van der Waals surface area (Å²) >= 11 is 0. The summed E-state index contributed by atoms with van der Waals surface area (Å²) in [7, 11) is 1.63. The minimum absolute atomic E-state index is 0.186. The maximum absolute atomic E-state index is 11.4. The lowest BCUT2D eigenvalue weighted by molar-refractivity contribution is -0.384. The molecule has 6 nitrogen and oxygen atoms in total. The summed E-state index contributed by atoms with van der Waals surface area (Å²) in [6, 6.07) is 13.1. The van der Waals surface area contributed by atoms with E-state index in [2.05, 4.69) is 10.2 Å². The van der Waals surface area contributed by atoms with Crippen LogP contribution in [-0.4, -0.2) is 25.1 Å². The molecule has 0 atom stereocenters. The summed E-state index contributed by atoms with van der Waals surface area (Å²) < 4.78 is 5.13. The van der Waals surface area contributed by atoms with Crippen LogP contribution >= 0.6 is 0 Å². The van der Waals surface area contributed by atoms with Crippen LogP contribution in [0, 0.1) is 10.1 Å². The molecule has 2 aromatic carbocycles. The van der Waals surface area contributed by atoms with Gasteiger partial charge in [0, 0.05) is 31.4 Å². The molecule has 0 aromatic heterocycles. The van der Waals surface area contributed by atoms with Crippen molar-refractivity contribution in [3.05, 3.63) is 58.1 Å². The molecule has 1 heterocycles. The Bertz CT molecular complexity index is 710. The molecule has 6 heteroatoms. The summed E-state index contributed by atoms with van der Waals surface area (Å²) in [5.74, 6) is 0.797. The number of rotatable bonds is 6. The van der Waals surface area contributed by atoms with E-state index in [4.69, 9.17) is 4.74 Å². The van der Waals surface area contributed by atoms with E-state index in [9.17, 15) is 10.1 Å². The highest BCUT2D eigenvalue weighted by Crippen LogP contribution is 2.31. The summed E-state index contributed by atoms with van der Waals surface area (Å²) in [6.45, 7) is 2.32. The van der Waals surface area contributed by atoms with Gasteiger partial charge in [-0.25, -0.2) is 0 Å². The monoisotopic (exact) mass is 327 g/mol. The number of nitrogens with one attached hydrogen (secondary N) is 1. The quantitative estimate of drug-likeness (QED) is 0.645. The molecular formula is C18H21N3O3. The van der Waals surface area contributed by atoms with Gasteiger partial charge in [-0.3, -0.25) is 10.1 Å². The van der Waals surface area contributed by atoms with Gasteiger partial charge in [0.2, 0.25) is 0 Å². The first-order valence-electron chi connectivity index (χ1n) is 8.07. The molecular weight excluding hydrogens is 306 g/mol. The van der Waals surface area contributed by atoms with E-state index in [1.54, 1.807) is 13.2 Å². The number of nitro groups is 1. The van der Waals surface area contributed by atoms with Gasteiger partial charge in [-0.05, 0) is 48.7 Å². The summed E-state index contributed by atoms with van der Waals surface area (Å²) in [6.07, 6.45) is 2.19. The third kappa shape index (κ3) is 3.59. The van der Waals surface area contributed by atoms with Crippen LogP contribution in [0.25, 0.3) is 0 Å². The van der Waals surface area contributed by atoms with Crippen LogP contribution in [0.1, 0.15) is 18.4 Å². The Labute approximate surface area is 141 Å². The zero-order valence-corrected chi connectivity index (χ0v) is 13.7. The second-order valence-corrected chi connectivity index (χ2v) is 5.86. The Kier molecular flexibility index (Phi) is 4.84. The molecule has 1 aliphatic rings. The van der Waals surface area contributed by atoms with E-state index < -0.39 is 0 Å². The molecule has 126 valence electrons. The average Bonchev–Trinajstić information content (AvgIpc) is 3.14. The number of hydrogen-bond donors (Lipinski definition) is 1. The van der Waals surface area contributed by atoms with Crippen molar-refractivity contribution in [3.63, 3.8) is 0 Å². The smallest absolute Gasteiger partial charge is 0.292 e. The summed E-state index contributed by atoms with van der Waals surface area (Å²) in [4.78, 5) is 13.2. The molecule has 1 aliphatic heterocycles. The van der Waals surface area contributed by atoms with Gasteiger partial charge in [0.1, 0.15) is 11.4 Å². The van der Waals surface area contributed by atoms with Crippen LogP contribution in [0.15, 0.2) is 42.5 Å². The predicted octanol–water partition coefficient (Wildman–Crippen LogP) is 3.82. The van der Waals surface area contributed by atoms with Crippen molar-refractivity contribution in [1.82, 2.24) is 0 Å². The first-order chi connectivity index (χ1) is 11.7. The molecule has 0 aliphatic carbocycles. The largest absolute Gasteiger partial charge is 0.497 e. The van der Waals surface area contributed by atoms with Crippen molar-refractivity contribution < 1.29 is 9.66 Å². The molecule has 0 radical (unpaired) electrons. The van der Waals surface area contributed by atoms with Crippen molar-refractivity contribution in [2.24, 2.45) is 0 Å². The molecule has 3 rings (SSSR count). The Morgan fingerprint density at radius 1 is 1.17 bits per heavy atom. The molecule has 0 amide bonds. The van der Waals surface area contributed by atoms with Crippen LogP contribution < -0.4 is 15.0 Å². The molecule has 0 saturated carbocycles. The minimum atomic E-state index is -0.287. The van der Waals surface area contributed by atoms with E-state index in [1.807, 2.05) is 36.4 Å².